The second-order valence-corrected chi connectivity index (χ2v) is 4.44. The Morgan fingerprint density at radius 3 is 2.57 bits per heavy atom. The van der Waals surface area contributed by atoms with Gasteiger partial charge in [0.25, 0.3) is 0 Å². The topological polar surface area (TPSA) is 39.7 Å². The molecule has 0 unspecified atom stereocenters. The molecule has 0 aromatic heterocycles. The van der Waals surface area contributed by atoms with Crippen molar-refractivity contribution in [2.24, 2.45) is 0 Å². The molecule has 1 aliphatic heterocycles. The number of alkyl halides is 2. The Balaban J connectivity index is 1.59. The van der Waals surface area contributed by atoms with Crippen molar-refractivity contribution in [2.45, 2.75) is 13.2 Å². The first-order valence-electron chi connectivity index (χ1n) is 6.38. The maximum absolute atomic E-state index is 12.0. The zero-order valence-electron chi connectivity index (χ0n) is 11.0. The summed E-state index contributed by atoms with van der Waals surface area (Å²) in [5.74, 6) is 1.59. The van der Waals surface area contributed by atoms with Crippen LogP contribution in [0.1, 0.15) is 5.56 Å². The van der Waals surface area contributed by atoms with Gasteiger partial charge >= 0.3 is 6.61 Å². The predicted octanol–water partition coefficient (Wildman–Crippen LogP) is 3.63. The van der Waals surface area contributed by atoms with Crippen molar-refractivity contribution in [2.75, 3.05) is 12.1 Å². The molecule has 3 rings (SSSR count). The number of hydrogen-bond donors (Lipinski definition) is 1. The molecule has 4 nitrogen and oxygen atoms in total. The summed E-state index contributed by atoms with van der Waals surface area (Å²) < 4.78 is 38.9. The van der Waals surface area contributed by atoms with Gasteiger partial charge in [0.05, 0.1) is 0 Å². The van der Waals surface area contributed by atoms with E-state index < -0.39 is 6.61 Å². The summed E-state index contributed by atoms with van der Waals surface area (Å²) >= 11 is 0. The number of anilines is 1. The van der Waals surface area contributed by atoms with Crippen LogP contribution in [0.25, 0.3) is 0 Å². The minimum Gasteiger partial charge on any atom is -0.454 e. The molecular formula is C15H13F2NO3. The van der Waals surface area contributed by atoms with Crippen molar-refractivity contribution in [3.63, 3.8) is 0 Å². The van der Waals surface area contributed by atoms with Crippen molar-refractivity contribution < 1.29 is 23.0 Å². The molecule has 0 saturated heterocycles. The summed E-state index contributed by atoms with van der Waals surface area (Å²) in [4.78, 5) is 0. The largest absolute Gasteiger partial charge is 0.454 e. The molecule has 0 atom stereocenters. The van der Waals surface area contributed by atoms with Gasteiger partial charge in [0.15, 0.2) is 11.5 Å². The van der Waals surface area contributed by atoms with Crippen LogP contribution in [-0.4, -0.2) is 13.4 Å². The quantitative estimate of drug-likeness (QED) is 0.914. The number of fused-ring (bicyclic) bond motifs is 1. The van der Waals surface area contributed by atoms with Crippen LogP contribution >= 0.6 is 0 Å². The number of halogens is 2. The lowest BCUT2D eigenvalue weighted by Gasteiger charge is -2.09. The lowest BCUT2D eigenvalue weighted by Crippen LogP contribution is -2.02. The molecule has 6 heteroatoms. The summed E-state index contributed by atoms with van der Waals surface area (Å²) in [6.07, 6.45) is 0. The van der Waals surface area contributed by atoms with Gasteiger partial charge in [0.1, 0.15) is 5.75 Å². The van der Waals surface area contributed by atoms with Gasteiger partial charge in [-0.25, -0.2) is 0 Å². The highest BCUT2D eigenvalue weighted by Crippen LogP contribution is 2.34. The number of nitrogens with one attached hydrogen (secondary N) is 1. The molecule has 1 heterocycles. The highest BCUT2D eigenvalue weighted by Gasteiger charge is 2.12. The average molecular weight is 293 g/mol. The van der Waals surface area contributed by atoms with Crippen molar-refractivity contribution in [3.05, 3.63) is 48.0 Å². The summed E-state index contributed by atoms with van der Waals surface area (Å²) in [5.41, 5.74) is 1.85. The molecule has 21 heavy (non-hydrogen) atoms. The minimum atomic E-state index is -2.80. The van der Waals surface area contributed by atoms with E-state index in [1.165, 1.54) is 12.1 Å². The highest BCUT2D eigenvalue weighted by atomic mass is 19.3. The van der Waals surface area contributed by atoms with E-state index in [1.807, 2.05) is 18.2 Å². The molecule has 2 aromatic rings. The van der Waals surface area contributed by atoms with Gasteiger partial charge < -0.3 is 19.5 Å². The van der Waals surface area contributed by atoms with Crippen molar-refractivity contribution >= 4 is 5.69 Å². The Morgan fingerprint density at radius 1 is 1.05 bits per heavy atom. The first-order chi connectivity index (χ1) is 10.2. The van der Waals surface area contributed by atoms with E-state index in [0.29, 0.717) is 12.3 Å². The molecule has 0 spiro atoms. The Morgan fingerprint density at radius 2 is 1.81 bits per heavy atom. The molecule has 0 amide bonds. The molecule has 0 saturated carbocycles. The van der Waals surface area contributed by atoms with E-state index in [0.717, 1.165) is 17.0 Å². The average Bonchev–Trinajstić information content (AvgIpc) is 2.93. The van der Waals surface area contributed by atoms with E-state index in [9.17, 15) is 8.78 Å². The zero-order chi connectivity index (χ0) is 14.7. The number of rotatable bonds is 5. The minimum absolute atomic E-state index is 0.150. The second kappa shape index (κ2) is 5.87. The monoisotopic (exact) mass is 293 g/mol. The van der Waals surface area contributed by atoms with Crippen molar-refractivity contribution in [3.8, 4) is 17.2 Å². The first kappa shape index (κ1) is 13.5. The standard InChI is InChI=1S/C15H13F2NO3/c16-15(17)21-12-4-1-10(2-5-12)8-18-11-3-6-13-14(7-11)20-9-19-13/h1-7,15,18H,8-9H2. The molecular weight excluding hydrogens is 280 g/mol. The number of hydrogen-bond acceptors (Lipinski definition) is 4. The van der Waals surface area contributed by atoms with Crippen molar-refractivity contribution in [1.82, 2.24) is 0 Å². The Hall–Kier alpha value is -2.50. The fraction of sp³-hybridized carbons (Fsp3) is 0.200. The Bertz CT molecular complexity index is 617. The molecule has 110 valence electrons. The highest BCUT2D eigenvalue weighted by molar-refractivity contribution is 5.55. The molecule has 2 aromatic carbocycles. The second-order valence-electron chi connectivity index (χ2n) is 4.44. The maximum atomic E-state index is 12.0. The van der Waals surface area contributed by atoms with E-state index >= 15 is 0 Å². The number of benzene rings is 2. The van der Waals surface area contributed by atoms with Crippen LogP contribution in [0.15, 0.2) is 42.5 Å². The van der Waals surface area contributed by atoms with Crippen LogP contribution in [0, 0.1) is 0 Å². The molecule has 1 N–H and O–H groups in total. The van der Waals surface area contributed by atoms with Gasteiger partial charge in [-0.1, -0.05) is 12.1 Å². The first-order valence-corrected chi connectivity index (χ1v) is 6.38. The van der Waals surface area contributed by atoms with Gasteiger partial charge in [0.2, 0.25) is 6.79 Å². The molecule has 0 radical (unpaired) electrons. The van der Waals surface area contributed by atoms with E-state index in [2.05, 4.69) is 10.1 Å². The zero-order valence-corrected chi connectivity index (χ0v) is 11.0. The fourth-order valence-corrected chi connectivity index (χ4v) is 2.00. The Labute approximate surface area is 120 Å². The fourth-order valence-electron chi connectivity index (χ4n) is 2.00. The van der Waals surface area contributed by atoms with E-state index in [-0.39, 0.29) is 12.5 Å². The van der Waals surface area contributed by atoms with Crippen LogP contribution in [0.2, 0.25) is 0 Å². The summed E-state index contributed by atoms with van der Waals surface area (Å²) in [7, 11) is 0. The summed E-state index contributed by atoms with van der Waals surface area (Å²) in [5, 5.41) is 3.23. The summed E-state index contributed by atoms with van der Waals surface area (Å²) in [6, 6.07) is 12.1. The van der Waals surface area contributed by atoms with E-state index in [4.69, 9.17) is 9.47 Å². The van der Waals surface area contributed by atoms with Gasteiger partial charge in [0, 0.05) is 18.3 Å². The Kier molecular flexibility index (Phi) is 3.77. The van der Waals surface area contributed by atoms with Crippen LogP contribution in [0.4, 0.5) is 14.5 Å². The lowest BCUT2D eigenvalue weighted by molar-refractivity contribution is -0.0498. The third kappa shape index (κ3) is 3.34. The lowest BCUT2D eigenvalue weighted by atomic mass is 10.2. The van der Waals surface area contributed by atoms with E-state index in [1.54, 1.807) is 12.1 Å². The molecule has 1 aliphatic rings. The predicted molar refractivity (Wildman–Crippen MR) is 73.0 cm³/mol. The van der Waals surface area contributed by atoms with Crippen molar-refractivity contribution in [1.29, 1.82) is 0 Å². The smallest absolute Gasteiger partial charge is 0.387 e. The van der Waals surface area contributed by atoms with Crippen LogP contribution in [0.5, 0.6) is 17.2 Å². The molecule has 0 fully saturated rings. The van der Waals surface area contributed by atoms with Crippen LogP contribution in [0.3, 0.4) is 0 Å². The van der Waals surface area contributed by atoms with Gasteiger partial charge in [-0.2, -0.15) is 8.78 Å². The number of ether oxygens (including phenoxy) is 3. The SMILES string of the molecule is FC(F)Oc1ccc(CNc2ccc3c(c2)OCO3)cc1. The maximum Gasteiger partial charge on any atom is 0.387 e. The normalized spacial score (nSPS) is 12.5. The van der Waals surface area contributed by atoms with Crippen LogP contribution in [-0.2, 0) is 6.54 Å². The summed E-state index contributed by atoms with van der Waals surface area (Å²) in [6.45, 7) is -2.00. The molecule has 0 aliphatic carbocycles. The third-order valence-electron chi connectivity index (χ3n) is 3.02. The van der Waals surface area contributed by atoms with Crippen LogP contribution < -0.4 is 19.5 Å². The van der Waals surface area contributed by atoms with Gasteiger partial charge in [-0.3, -0.25) is 0 Å². The van der Waals surface area contributed by atoms with Gasteiger partial charge in [-0.15, -0.1) is 0 Å². The molecule has 0 bridgehead atoms. The third-order valence-corrected chi connectivity index (χ3v) is 3.02. The van der Waals surface area contributed by atoms with Gasteiger partial charge in [-0.05, 0) is 29.8 Å².